The molecule has 3 N–H and O–H groups in total. The van der Waals surface area contributed by atoms with Crippen LogP contribution in [0.15, 0.2) is 0 Å². The summed E-state index contributed by atoms with van der Waals surface area (Å²) in [5, 5.41) is 0. The van der Waals surface area contributed by atoms with Crippen LogP contribution in [0.2, 0.25) is 0 Å². The predicted molar refractivity (Wildman–Crippen MR) is 45.7 cm³/mol. The number of hydrogen-bond acceptors (Lipinski definition) is 2. The van der Waals surface area contributed by atoms with Gasteiger partial charge in [-0.25, -0.2) is 0 Å². The molecule has 3 atom stereocenters. The first kappa shape index (κ1) is 7.56. The Hall–Kier alpha value is -0.0800. The summed E-state index contributed by atoms with van der Waals surface area (Å²) < 4.78 is 0. The van der Waals surface area contributed by atoms with Gasteiger partial charge in [0.1, 0.15) is 0 Å². The minimum atomic E-state index is 0.565. The molecule has 2 bridgehead atoms. The molecule has 3 aliphatic rings. The Bertz CT molecular complexity index is 163. The zero-order valence-corrected chi connectivity index (χ0v) is 7.43. The summed E-state index contributed by atoms with van der Waals surface area (Å²) >= 11 is 0. The minimum absolute atomic E-state index is 0.565. The lowest BCUT2D eigenvalue weighted by Gasteiger charge is -2.59. The summed E-state index contributed by atoms with van der Waals surface area (Å²) in [6, 6.07) is 0.593. The van der Waals surface area contributed by atoms with Gasteiger partial charge in [-0.15, -0.1) is 0 Å². The summed E-state index contributed by atoms with van der Waals surface area (Å²) in [6.07, 6.45) is 4.06. The monoisotopic (exact) mass is 154 g/mol. The molecule has 3 unspecified atom stereocenters. The first-order valence-corrected chi connectivity index (χ1v) is 4.62. The van der Waals surface area contributed by atoms with Crippen LogP contribution >= 0.6 is 0 Å². The van der Waals surface area contributed by atoms with E-state index < -0.39 is 0 Å². The largest absolute Gasteiger partial charge is 0.271 e. The molecule has 64 valence electrons. The lowest BCUT2D eigenvalue weighted by molar-refractivity contribution is -0.0868. The molecule has 11 heavy (non-hydrogen) atoms. The van der Waals surface area contributed by atoms with Crippen molar-refractivity contribution in [2.75, 3.05) is 0 Å². The number of rotatable bonds is 1. The Labute approximate surface area is 68.5 Å². The van der Waals surface area contributed by atoms with E-state index in [2.05, 4.69) is 19.3 Å². The number of hydrogen-bond donors (Lipinski definition) is 2. The third kappa shape index (κ3) is 0.859. The van der Waals surface area contributed by atoms with Gasteiger partial charge < -0.3 is 0 Å². The molecule has 0 amide bonds. The van der Waals surface area contributed by atoms with Crippen LogP contribution in [0, 0.1) is 17.3 Å². The van der Waals surface area contributed by atoms with Crippen molar-refractivity contribution in [1.82, 2.24) is 5.43 Å². The van der Waals surface area contributed by atoms with Crippen LogP contribution < -0.4 is 11.3 Å². The van der Waals surface area contributed by atoms with Crippen molar-refractivity contribution in [2.45, 2.75) is 39.2 Å². The molecule has 0 heterocycles. The highest BCUT2D eigenvalue weighted by atomic mass is 15.2. The summed E-state index contributed by atoms with van der Waals surface area (Å²) in [7, 11) is 0. The zero-order chi connectivity index (χ0) is 8.06. The maximum atomic E-state index is 5.49. The van der Waals surface area contributed by atoms with Crippen LogP contribution in [0.4, 0.5) is 0 Å². The fourth-order valence-corrected chi connectivity index (χ4v) is 3.01. The molecule has 2 nitrogen and oxygen atoms in total. The fourth-order valence-electron chi connectivity index (χ4n) is 3.01. The van der Waals surface area contributed by atoms with Crippen molar-refractivity contribution in [3.8, 4) is 0 Å². The first-order valence-electron chi connectivity index (χ1n) is 4.62. The Morgan fingerprint density at radius 3 is 2.45 bits per heavy atom. The SMILES string of the molecule is CC1(C)C2CCC(NN)C1C2. The Morgan fingerprint density at radius 1 is 1.36 bits per heavy atom. The molecule has 0 saturated heterocycles. The molecule has 2 heteroatoms. The minimum Gasteiger partial charge on any atom is -0.271 e. The second-order valence-corrected chi connectivity index (χ2v) is 4.71. The summed E-state index contributed by atoms with van der Waals surface area (Å²) in [6.45, 7) is 4.77. The van der Waals surface area contributed by atoms with E-state index in [1.54, 1.807) is 0 Å². The smallest absolute Gasteiger partial charge is 0.0244 e. The molecule has 3 saturated carbocycles. The molecule has 3 rings (SSSR count). The number of nitrogens with one attached hydrogen (secondary N) is 1. The highest BCUT2D eigenvalue weighted by Crippen LogP contribution is 2.58. The van der Waals surface area contributed by atoms with Gasteiger partial charge >= 0.3 is 0 Å². The Balaban J connectivity index is 2.10. The van der Waals surface area contributed by atoms with Gasteiger partial charge in [0.05, 0.1) is 0 Å². The van der Waals surface area contributed by atoms with E-state index in [1.807, 2.05) is 0 Å². The molecule has 0 aliphatic heterocycles. The molecule has 0 aromatic carbocycles. The van der Waals surface area contributed by atoms with Crippen LogP contribution in [0.25, 0.3) is 0 Å². The lowest BCUT2D eigenvalue weighted by Crippen LogP contribution is -2.60. The second-order valence-electron chi connectivity index (χ2n) is 4.71. The van der Waals surface area contributed by atoms with Crippen LogP contribution in [0.1, 0.15) is 33.1 Å². The normalized spacial score (nSPS) is 46.6. The molecular formula is C9H18N2. The quantitative estimate of drug-likeness (QED) is 0.441. The Morgan fingerprint density at radius 2 is 2.09 bits per heavy atom. The van der Waals surface area contributed by atoms with Crippen molar-refractivity contribution in [3.63, 3.8) is 0 Å². The van der Waals surface area contributed by atoms with E-state index in [0.29, 0.717) is 11.5 Å². The molecule has 3 aliphatic carbocycles. The highest BCUT2D eigenvalue weighted by molar-refractivity contribution is 5.05. The third-order valence-corrected chi connectivity index (χ3v) is 4.07. The summed E-state index contributed by atoms with van der Waals surface area (Å²) in [4.78, 5) is 0. The summed E-state index contributed by atoms with van der Waals surface area (Å²) in [5.74, 6) is 7.31. The number of hydrazine groups is 1. The summed E-state index contributed by atoms with van der Waals surface area (Å²) in [5.41, 5.74) is 3.51. The average molecular weight is 154 g/mol. The van der Waals surface area contributed by atoms with Crippen molar-refractivity contribution in [2.24, 2.45) is 23.1 Å². The van der Waals surface area contributed by atoms with E-state index in [1.165, 1.54) is 19.3 Å². The van der Waals surface area contributed by atoms with Gasteiger partial charge in [0.2, 0.25) is 0 Å². The van der Waals surface area contributed by atoms with Gasteiger partial charge in [-0.2, -0.15) is 0 Å². The molecule has 3 fully saturated rings. The van der Waals surface area contributed by atoms with Crippen molar-refractivity contribution < 1.29 is 0 Å². The maximum absolute atomic E-state index is 5.49. The van der Waals surface area contributed by atoms with Gasteiger partial charge in [-0.1, -0.05) is 13.8 Å². The highest BCUT2D eigenvalue weighted by Gasteiger charge is 2.53. The van der Waals surface area contributed by atoms with Gasteiger partial charge in [-0.05, 0) is 36.5 Å². The number of fused-ring (bicyclic) bond motifs is 2. The van der Waals surface area contributed by atoms with E-state index in [9.17, 15) is 0 Å². The third-order valence-electron chi connectivity index (χ3n) is 4.07. The first-order chi connectivity index (χ1) is 5.16. The van der Waals surface area contributed by atoms with Gasteiger partial charge in [0.25, 0.3) is 0 Å². The topological polar surface area (TPSA) is 38.0 Å². The molecule has 0 radical (unpaired) electrons. The van der Waals surface area contributed by atoms with Crippen molar-refractivity contribution >= 4 is 0 Å². The van der Waals surface area contributed by atoms with Gasteiger partial charge in [-0.3, -0.25) is 11.3 Å². The van der Waals surface area contributed by atoms with E-state index in [4.69, 9.17) is 5.84 Å². The number of nitrogens with two attached hydrogens (primary N) is 1. The second kappa shape index (κ2) is 2.20. The molecule has 0 aromatic rings. The average Bonchev–Trinajstić information content (AvgIpc) is 2.04. The zero-order valence-electron chi connectivity index (χ0n) is 7.43. The van der Waals surface area contributed by atoms with E-state index >= 15 is 0 Å². The van der Waals surface area contributed by atoms with E-state index in [-0.39, 0.29) is 0 Å². The van der Waals surface area contributed by atoms with Crippen molar-refractivity contribution in [3.05, 3.63) is 0 Å². The molecular weight excluding hydrogens is 136 g/mol. The van der Waals surface area contributed by atoms with E-state index in [0.717, 1.165) is 11.8 Å². The van der Waals surface area contributed by atoms with Crippen molar-refractivity contribution in [1.29, 1.82) is 0 Å². The van der Waals surface area contributed by atoms with Gasteiger partial charge in [0.15, 0.2) is 0 Å². The predicted octanol–water partition coefficient (Wildman–Crippen LogP) is 1.27. The van der Waals surface area contributed by atoms with Crippen LogP contribution in [0.3, 0.4) is 0 Å². The van der Waals surface area contributed by atoms with Crippen LogP contribution in [-0.2, 0) is 0 Å². The van der Waals surface area contributed by atoms with Crippen LogP contribution in [0.5, 0.6) is 0 Å². The fraction of sp³-hybridized carbons (Fsp3) is 1.00. The molecule has 0 spiro atoms. The maximum Gasteiger partial charge on any atom is 0.0244 e. The van der Waals surface area contributed by atoms with Crippen LogP contribution in [-0.4, -0.2) is 6.04 Å². The Kier molecular flexibility index (Phi) is 1.52. The lowest BCUT2D eigenvalue weighted by atomic mass is 9.47. The standard InChI is InChI=1S/C9H18N2/c1-9(2)6-3-4-8(11-10)7(9)5-6/h6-8,11H,3-5,10H2,1-2H3. The van der Waals surface area contributed by atoms with Gasteiger partial charge in [0, 0.05) is 6.04 Å². The molecule has 0 aromatic heterocycles.